The first-order chi connectivity index (χ1) is 12.2. The van der Waals surface area contributed by atoms with Gasteiger partial charge < -0.3 is 16.2 Å². The second-order valence-electron chi connectivity index (χ2n) is 5.38. The van der Waals surface area contributed by atoms with Crippen LogP contribution in [0, 0.1) is 11.3 Å². The molecule has 0 radical (unpaired) electrons. The van der Waals surface area contributed by atoms with Crippen molar-refractivity contribution in [3.05, 3.63) is 65.7 Å². The van der Waals surface area contributed by atoms with Crippen LogP contribution in [0.3, 0.4) is 0 Å². The van der Waals surface area contributed by atoms with Gasteiger partial charge in [0, 0.05) is 12.0 Å². The first kappa shape index (κ1) is 16.3. The summed E-state index contributed by atoms with van der Waals surface area (Å²) in [5, 5.41) is 9.38. The fraction of sp³-hybridized carbons (Fsp3) is 0.105. The Hall–Kier alpha value is -3.59. The molecule has 0 saturated carbocycles. The number of aromatic nitrogens is 2. The molecule has 0 atom stereocenters. The van der Waals surface area contributed by atoms with Gasteiger partial charge in [0.05, 0.1) is 12.3 Å². The van der Waals surface area contributed by atoms with E-state index in [1.54, 1.807) is 0 Å². The zero-order valence-corrected chi connectivity index (χ0v) is 13.5. The summed E-state index contributed by atoms with van der Waals surface area (Å²) < 4.78 is 5.92. The van der Waals surface area contributed by atoms with E-state index in [2.05, 4.69) is 22.1 Å². The van der Waals surface area contributed by atoms with Gasteiger partial charge in [0.2, 0.25) is 5.95 Å². The Morgan fingerprint density at radius 1 is 0.960 bits per heavy atom. The van der Waals surface area contributed by atoms with Gasteiger partial charge in [-0.25, -0.2) is 4.98 Å². The van der Waals surface area contributed by atoms with Crippen molar-refractivity contribution in [2.45, 2.75) is 6.42 Å². The quantitative estimate of drug-likeness (QED) is 0.743. The molecule has 0 fully saturated rings. The summed E-state index contributed by atoms with van der Waals surface area (Å²) in [4.78, 5) is 8.03. The maximum absolute atomic E-state index is 9.38. The predicted molar refractivity (Wildman–Crippen MR) is 96.6 cm³/mol. The van der Waals surface area contributed by atoms with Crippen molar-refractivity contribution in [2.75, 3.05) is 18.1 Å². The molecule has 0 amide bonds. The number of hydrogen-bond acceptors (Lipinski definition) is 6. The highest BCUT2D eigenvalue weighted by atomic mass is 16.5. The van der Waals surface area contributed by atoms with Crippen LogP contribution >= 0.6 is 0 Å². The largest absolute Gasteiger partial charge is 0.493 e. The van der Waals surface area contributed by atoms with E-state index in [0.29, 0.717) is 23.6 Å². The Balaban J connectivity index is 1.88. The summed E-state index contributed by atoms with van der Waals surface area (Å²) in [5.41, 5.74) is 13.9. The molecular formula is C19H17N5O. The normalized spacial score (nSPS) is 10.2. The number of nitrogens with two attached hydrogens (primary N) is 2. The van der Waals surface area contributed by atoms with Gasteiger partial charge in [-0.15, -0.1) is 0 Å². The highest BCUT2D eigenvalue weighted by Gasteiger charge is 2.16. The Labute approximate surface area is 145 Å². The van der Waals surface area contributed by atoms with Gasteiger partial charge >= 0.3 is 0 Å². The van der Waals surface area contributed by atoms with E-state index < -0.39 is 0 Å². The highest BCUT2D eigenvalue weighted by molar-refractivity contribution is 5.77. The molecule has 6 nitrogen and oxygen atoms in total. The summed E-state index contributed by atoms with van der Waals surface area (Å²) in [5.74, 6) is 0.696. The number of para-hydroxylation sites is 1. The van der Waals surface area contributed by atoms with E-state index >= 15 is 0 Å². The first-order valence-electron chi connectivity index (χ1n) is 7.78. The molecule has 3 rings (SSSR count). The van der Waals surface area contributed by atoms with Crippen LogP contribution in [0.4, 0.5) is 11.8 Å². The Kier molecular flexibility index (Phi) is 4.77. The summed E-state index contributed by atoms with van der Waals surface area (Å²) in [6.07, 6.45) is 0.772. The number of benzene rings is 2. The van der Waals surface area contributed by atoms with Crippen LogP contribution in [-0.2, 0) is 6.42 Å². The second kappa shape index (κ2) is 7.32. The van der Waals surface area contributed by atoms with E-state index in [-0.39, 0.29) is 17.3 Å². The molecule has 1 aromatic heterocycles. The van der Waals surface area contributed by atoms with Gasteiger partial charge in [0.1, 0.15) is 23.2 Å². The van der Waals surface area contributed by atoms with Crippen LogP contribution in [0.1, 0.15) is 11.1 Å². The Bertz CT molecular complexity index is 919. The summed E-state index contributed by atoms with van der Waals surface area (Å²) in [6.45, 7) is 0.499. The average molecular weight is 331 g/mol. The predicted octanol–water partition coefficient (Wildman–Crippen LogP) is 2.80. The fourth-order valence-electron chi connectivity index (χ4n) is 2.51. The van der Waals surface area contributed by atoms with Crippen LogP contribution < -0.4 is 16.2 Å². The molecule has 0 unspecified atom stereocenters. The minimum absolute atomic E-state index is 0.0191. The topological polar surface area (TPSA) is 111 Å². The van der Waals surface area contributed by atoms with Crippen molar-refractivity contribution < 1.29 is 4.74 Å². The highest BCUT2D eigenvalue weighted by Crippen LogP contribution is 2.32. The zero-order chi connectivity index (χ0) is 17.6. The molecule has 4 N–H and O–H groups in total. The minimum atomic E-state index is 0.0191. The van der Waals surface area contributed by atoms with Crippen LogP contribution in [-0.4, -0.2) is 16.6 Å². The molecule has 0 bridgehead atoms. The van der Waals surface area contributed by atoms with E-state index in [0.717, 1.165) is 6.42 Å². The Morgan fingerprint density at radius 2 is 1.68 bits per heavy atom. The second-order valence-corrected chi connectivity index (χ2v) is 5.38. The van der Waals surface area contributed by atoms with Crippen molar-refractivity contribution in [3.63, 3.8) is 0 Å². The molecule has 124 valence electrons. The molecule has 6 heteroatoms. The lowest BCUT2D eigenvalue weighted by Gasteiger charge is -2.13. The molecular weight excluding hydrogens is 314 g/mol. The molecule has 0 aliphatic heterocycles. The van der Waals surface area contributed by atoms with E-state index in [4.69, 9.17) is 16.2 Å². The summed E-state index contributed by atoms with van der Waals surface area (Å²) >= 11 is 0. The van der Waals surface area contributed by atoms with Crippen molar-refractivity contribution in [3.8, 4) is 23.1 Å². The third-order valence-corrected chi connectivity index (χ3v) is 3.70. The summed E-state index contributed by atoms with van der Waals surface area (Å²) in [7, 11) is 0. The number of nitrogens with zero attached hydrogens (tertiary/aromatic N) is 3. The number of nitriles is 1. The van der Waals surface area contributed by atoms with Crippen LogP contribution in [0.2, 0.25) is 0 Å². The van der Waals surface area contributed by atoms with Gasteiger partial charge in [-0.3, -0.25) is 0 Å². The van der Waals surface area contributed by atoms with Crippen molar-refractivity contribution in [1.29, 1.82) is 5.26 Å². The number of anilines is 2. The van der Waals surface area contributed by atoms with Crippen LogP contribution in [0.5, 0.6) is 5.75 Å². The lowest BCUT2D eigenvalue weighted by molar-refractivity contribution is 0.323. The van der Waals surface area contributed by atoms with Gasteiger partial charge in [-0.05, 0) is 17.7 Å². The van der Waals surface area contributed by atoms with Crippen LogP contribution in [0.15, 0.2) is 54.6 Å². The van der Waals surface area contributed by atoms with E-state index in [9.17, 15) is 5.26 Å². The number of nitrogen functional groups attached to an aromatic ring is 2. The van der Waals surface area contributed by atoms with E-state index in [1.807, 2.05) is 48.5 Å². The van der Waals surface area contributed by atoms with Crippen molar-refractivity contribution in [1.82, 2.24) is 9.97 Å². The van der Waals surface area contributed by atoms with Crippen molar-refractivity contribution in [2.24, 2.45) is 0 Å². The van der Waals surface area contributed by atoms with Gasteiger partial charge in [-0.1, -0.05) is 42.5 Å². The average Bonchev–Trinajstić information content (AvgIpc) is 2.62. The minimum Gasteiger partial charge on any atom is -0.493 e. The number of ether oxygens (including phenoxy) is 1. The zero-order valence-electron chi connectivity index (χ0n) is 13.5. The standard InChI is InChI=1S/C19H17N5O/c20-12-15-17(23-19(22)24-18(15)21)14-8-4-5-9-16(14)25-11-10-13-6-2-1-3-7-13/h1-9H,10-11H2,(H4,21,22,23,24). The van der Waals surface area contributed by atoms with Gasteiger partial charge in [0.15, 0.2) is 0 Å². The third kappa shape index (κ3) is 3.67. The first-order valence-corrected chi connectivity index (χ1v) is 7.78. The number of rotatable bonds is 5. The number of hydrogen-bond donors (Lipinski definition) is 2. The Morgan fingerprint density at radius 3 is 2.44 bits per heavy atom. The van der Waals surface area contributed by atoms with E-state index in [1.165, 1.54) is 5.56 Å². The molecule has 0 spiro atoms. The fourth-order valence-corrected chi connectivity index (χ4v) is 2.51. The molecule has 0 saturated heterocycles. The van der Waals surface area contributed by atoms with Crippen molar-refractivity contribution >= 4 is 11.8 Å². The SMILES string of the molecule is N#Cc1c(N)nc(N)nc1-c1ccccc1OCCc1ccccc1. The van der Waals surface area contributed by atoms with Gasteiger partial charge in [-0.2, -0.15) is 10.2 Å². The van der Waals surface area contributed by atoms with Gasteiger partial charge in [0.25, 0.3) is 0 Å². The van der Waals surface area contributed by atoms with Crippen LogP contribution in [0.25, 0.3) is 11.3 Å². The molecule has 3 aromatic rings. The monoisotopic (exact) mass is 331 g/mol. The maximum Gasteiger partial charge on any atom is 0.222 e. The lowest BCUT2D eigenvalue weighted by atomic mass is 10.1. The lowest BCUT2D eigenvalue weighted by Crippen LogP contribution is -2.07. The summed E-state index contributed by atoms with van der Waals surface area (Å²) in [6, 6.07) is 19.5. The molecule has 1 heterocycles. The maximum atomic E-state index is 9.38. The smallest absolute Gasteiger partial charge is 0.222 e. The molecule has 0 aliphatic carbocycles. The molecule has 25 heavy (non-hydrogen) atoms. The molecule has 2 aromatic carbocycles. The molecule has 0 aliphatic rings. The third-order valence-electron chi connectivity index (χ3n) is 3.70.